The fourth-order valence-electron chi connectivity index (χ4n) is 1.38. The molecule has 4 heteroatoms. The van der Waals surface area contributed by atoms with E-state index in [0.29, 0.717) is 0 Å². The lowest BCUT2D eigenvalue weighted by atomic mass is 10.0. The van der Waals surface area contributed by atoms with Crippen molar-refractivity contribution in [3.63, 3.8) is 0 Å². The second kappa shape index (κ2) is 4.57. The first-order valence-corrected chi connectivity index (χ1v) is 5.80. The van der Waals surface area contributed by atoms with E-state index in [1.54, 1.807) is 11.3 Å². The predicted molar refractivity (Wildman–Crippen MR) is 57.4 cm³/mol. The van der Waals surface area contributed by atoms with Crippen LogP contribution in [0.15, 0.2) is 16.8 Å². The molecule has 0 radical (unpaired) electrons. The summed E-state index contributed by atoms with van der Waals surface area (Å²) < 4.78 is 0. The Labute approximate surface area is 87.5 Å². The molecule has 0 unspecified atom stereocenters. The first-order chi connectivity index (χ1) is 6.86. The van der Waals surface area contributed by atoms with Gasteiger partial charge in [-0.05, 0) is 28.8 Å². The highest BCUT2D eigenvalue weighted by Crippen LogP contribution is 2.06. The van der Waals surface area contributed by atoms with Crippen LogP contribution < -0.4 is 10.6 Å². The van der Waals surface area contributed by atoms with Crippen LogP contribution in [0.3, 0.4) is 0 Å². The first kappa shape index (κ1) is 9.68. The Balaban J connectivity index is 1.65. The highest BCUT2D eigenvalue weighted by Gasteiger charge is 2.23. The van der Waals surface area contributed by atoms with Crippen molar-refractivity contribution in [2.45, 2.75) is 6.42 Å². The number of rotatable bonds is 4. The molecule has 3 nitrogen and oxygen atoms in total. The number of thiophene rings is 1. The van der Waals surface area contributed by atoms with Gasteiger partial charge in [0.15, 0.2) is 0 Å². The summed E-state index contributed by atoms with van der Waals surface area (Å²) in [6.45, 7) is 2.43. The van der Waals surface area contributed by atoms with Gasteiger partial charge in [-0.1, -0.05) is 0 Å². The minimum absolute atomic E-state index is 0.193. The number of hydrogen-bond donors (Lipinski definition) is 2. The molecule has 0 bridgehead atoms. The monoisotopic (exact) mass is 210 g/mol. The smallest absolute Gasteiger partial charge is 0.225 e. The molecule has 14 heavy (non-hydrogen) atoms. The molecule has 1 aliphatic rings. The van der Waals surface area contributed by atoms with Gasteiger partial charge < -0.3 is 10.6 Å². The fourth-order valence-corrected chi connectivity index (χ4v) is 2.09. The molecule has 1 aliphatic heterocycles. The maximum Gasteiger partial charge on any atom is 0.225 e. The van der Waals surface area contributed by atoms with Gasteiger partial charge in [-0.3, -0.25) is 4.79 Å². The molecule has 1 aromatic rings. The Morgan fingerprint density at radius 3 is 3.07 bits per heavy atom. The molecule has 0 aliphatic carbocycles. The van der Waals surface area contributed by atoms with Crippen LogP contribution in [-0.4, -0.2) is 25.5 Å². The topological polar surface area (TPSA) is 41.1 Å². The van der Waals surface area contributed by atoms with Gasteiger partial charge in [0.05, 0.1) is 5.92 Å². The van der Waals surface area contributed by atoms with E-state index < -0.39 is 0 Å². The van der Waals surface area contributed by atoms with E-state index in [4.69, 9.17) is 0 Å². The Hall–Kier alpha value is -0.870. The molecule has 1 saturated heterocycles. The van der Waals surface area contributed by atoms with Crippen LogP contribution in [0.2, 0.25) is 0 Å². The summed E-state index contributed by atoms with van der Waals surface area (Å²) in [6, 6.07) is 2.10. The number of hydrogen-bond acceptors (Lipinski definition) is 3. The standard InChI is InChI=1S/C10H14N2OS/c13-10(9-5-11-6-9)12-3-1-8-2-4-14-7-8/h2,4,7,9,11H,1,3,5-6H2,(H,12,13). The van der Waals surface area contributed by atoms with Crippen molar-refractivity contribution in [2.75, 3.05) is 19.6 Å². The molecule has 0 saturated carbocycles. The molecule has 2 rings (SSSR count). The fraction of sp³-hybridized carbons (Fsp3) is 0.500. The minimum atomic E-state index is 0.193. The second-order valence-electron chi connectivity index (χ2n) is 3.53. The van der Waals surface area contributed by atoms with Crippen LogP contribution in [0.1, 0.15) is 5.56 Å². The Kier molecular flexibility index (Phi) is 3.16. The maximum absolute atomic E-state index is 11.4. The summed E-state index contributed by atoms with van der Waals surface area (Å²) in [6.07, 6.45) is 0.940. The molecule has 1 fully saturated rings. The van der Waals surface area contributed by atoms with Crippen LogP contribution in [0.25, 0.3) is 0 Å². The Morgan fingerprint density at radius 2 is 2.50 bits per heavy atom. The van der Waals surface area contributed by atoms with Gasteiger partial charge in [0.2, 0.25) is 5.91 Å². The van der Waals surface area contributed by atoms with Crippen molar-refractivity contribution in [3.8, 4) is 0 Å². The van der Waals surface area contributed by atoms with E-state index in [2.05, 4.69) is 27.5 Å². The third-order valence-electron chi connectivity index (χ3n) is 2.45. The molecule has 1 amide bonds. The highest BCUT2D eigenvalue weighted by molar-refractivity contribution is 7.07. The van der Waals surface area contributed by atoms with Gasteiger partial charge in [0, 0.05) is 19.6 Å². The van der Waals surface area contributed by atoms with Crippen LogP contribution in [0, 0.1) is 5.92 Å². The summed E-state index contributed by atoms with van der Waals surface area (Å²) >= 11 is 1.70. The predicted octanol–water partition coefficient (Wildman–Crippen LogP) is 0.626. The van der Waals surface area contributed by atoms with Crippen LogP contribution in [-0.2, 0) is 11.2 Å². The zero-order valence-electron chi connectivity index (χ0n) is 7.95. The lowest BCUT2D eigenvalue weighted by Crippen LogP contribution is -2.51. The van der Waals surface area contributed by atoms with Gasteiger partial charge in [0.1, 0.15) is 0 Å². The quantitative estimate of drug-likeness (QED) is 0.765. The normalized spacial score (nSPS) is 16.3. The van der Waals surface area contributed by atoms with E-state index in [-0.39, 0.29) is 11.8 Å². The zero-order valence-corrected chi connectivity index (χ0v) is 8.77. The van der Waals surface area contributed by atoms with E-state index in [1.165, 1.54) is 5.56 Å². The van der Waals surface area contributed by atoms with E-state index in [0.717, 1.165) is 26.1 Å². The van der Waals surface area contributed by atoms with Crippen molar-refractivity contribution in [3.05, 3.63) is 22.4 Å². The maximum atomic E-state index is 11.4. The number of carbonyl (C=O) groups is 1. The minimum Gasteiger partial charge on any atom is -0.355 e. The van der Waals surface area contributed by atoms with Gasteiger partial charge >= 0.3 is 0 Å². The number of amides is 1. The van der Waals surface area contributed by atoms with E-state index >= 15 is 0 Å². The lowest BCUT2D eigenvalue weighted by molar-refractivity contribution is -0.126. The highest BCUT2D eigenvalue weighted by atomic mass is 32.1. The van der Waals surface area contributed by atoms with E-state index in [1.807, 2.05) is 0 Å². The molecule has 0 spiro atoms. The second-order valence-corrected chi connectivity index (χ2v) is 4.31. The summed E-state index contributed by atoms with van der Waals surface area (Å²) in [4.78, 5) is 11.4. The molecule has 76 valence electrons. The van der Waals surface area contributed by atoms with Crippen molar-refractivity contribution in [2.24, 2.45) is 5.92 Å². The van der Waals surface area contributed by atoms with Gasteiger partial charge in [0.25, 0.3) is 0 Å². The summed E-state index contributed by atoms with van der Waals surface area (Å²) in [5, 5.41) is 10.2. The average molecular weight is 210 g/mol. The van der Waals surface area contributed by atoms with Crippen molar-refractivity contribution in [1.82, 2.24) is 10.6 Å². The molecule has 2 N–H and O–H groups in total. The molecular formula is C10H14N2OS. The molecular weight excluding hydrogens is 196 g/mol. The molecule has 0 aromatic carbocycles. The average Bonchev–Trinajstić information content (AvgIpc) is 2.53. The number of carbonyl (C=O) groups excluding carboxylic acids is 1. The van der Waals surface area contributed by atoms with Crippen LogP contribution >= 0.6 is 11.3 Å². The van der Waals surface area contributed by atoms with Crippen molar-refractivity contribution >= 4 is 17.2 Å². The largest absolute Gasteiger partial charge is 0.355 e. The Bertz CT molecular complexity index is 293. The SMILES string of the molecule is O=C(NCCc1ccsc1)C1CNC1. The molecule has 1 aromatic heterocycles. The van der Waals surface area contributed by atoms with Crippen LogP contribution in [0.4, 0.5) is 0 Å². The van der Waals surface area contributed by atoms with Crippen molar-refractivity contribution in [1.29, 1.82) is 0 Å². The van der Waals surface area contributed by atoms with Gasteiger partial charge in [-0.15, -0.1) is 0 Å². The third-order valence-corrected chi connectivity index (χ3v) is 3.18. The molecule has 0 atom stereocenters. The summed E-state index contributed by atoms with van der Waals surface area (Å²) in [5.74, 6) is 0.399. The first-order valence-electron chi connectivity index (χ1n) is 4.86. The lowest BCUT2D eigenvalue weighted by Gasteiger charge is -2.25. The van der Waals surface area contributed by atoms with Crippen LogP contribution in [0.5, 0.6) is 0 Å². The Morgan fingerprint density at radius 1 is 1.64 bits per heavy atom. The summed E-state index contributed by atoms with van der Waals surface area (Å²) in [5.41, 5.74) is 1.31. The summed E-state index contributed by atoms with van der Waals surface area (Å²) in [7, 11) is 0. The number of nitrogens with one attached hydrogen (secondary N) is 2. The zero-order chi connectivity index (χ0) is 9.80. The third kappa shape index (κ3) is 2.33. The van der Waals surface area contributed by atoms with Crippen molar-refractivity contribution < 1.29 is 4.79 Å². The van der Waals surface area contributed by atoms with Gasteiger partial charge in [-0.25, -0.2) is 0 Å². The van der Waals surface area contributed by atoms with Gasteiger partial charge in [-0.2, -0.15) is 11.3 Å². The van der Waals surface area contributed by atoms with E-state index in [9.17, 15) is 4.79 Å². The molecule has 2 heterocycles.